The Morgan fingerprint density at radius 1 is 0.800 bits per heavy atom. The van der Waals surface area contributed by atoms with Crippen molar-refractivity contribution in [2.24, 2.45) is 9.63 Å². The average molecular weight is 395 g/mol. The van der Waals surface area contributed by atoms with Crippen LogP contribution in [0.5, 0.6) is 0 Å². The monoisotopic (exact) mass is 394 g/mol. The zero-order chi connectivity index (χ0) is 18.6. The standard InChI is InChI=1S/C17H34N2O4S2/c1-2-3-4-5-6-7-8-12-15-24(20,21)16-18-19-25(22,23)17-13-10-9-11-14-17/h17H,2-16H2,1H3. The molecular weight excluding hydrogens is 360 g/mol. The minimum Gasteiger partial charge on any atom is -0.227 e. The lowest BCUT2D eigenvalue weighted by Gasteiger charge is -2.18. The van der Waals surface area contributed by atoms with E-state index >= 15 is 0 Å². The molecule has 1 saturated carbocycles. The molecule has 0 bridgehead atoms. The lowest BCUT2D eigenvalue weighted by Crippen LogP contribution is -2.22. The zero-order valence-corrected chi connectivity index (χ0v) is 17.2. The molecule has 6 nitrogen and oxygen atoms in total. The number of unbranched alkanes of at least 4 members (excludes halogenated alkanes) is 7. The van der Waals surface area contributed by atoms with Gasteiger partial charge in [0.1, 0.15) is 0 Å². The summed E-state index contributed by atoms with van der Waals surface area (Å²) in [4.78, 5) is 0. The van der Waals surface area contributed by atoms with E-state index in [0.717, 1.165) is 38.5 Å². The van der Waals surface area contributed by atoms with Crippen molar-refractivity contribution in [1.82, 2.24) is 0 Å². The van der Waals surface area contributed by atoms with E-state index < -0.39 is 31.0 Å². The molecule has 1 fully saturated rings. The van der Waals surface area contributed by atoms with Gasteiger partial charge in [0.25, 0.3) is 10.0 Å². The first-order chi connectivity index (χ1) is 11.9. The lowest BCUT2D eigenvalue weighted by atomic mass is 10.0. The molecule has 1 aliphatic carbocycles. The molecule has 25 heavy (non-hydrogen) atoms. The van der Waals surface area contributed by atoms with Crippen LogP contribution in [0.1, 0.15) is 90.4 Å². The molecule has 0 spiro atoms. The van der Waals surface area contributed by atoms with Gasteiger partial charge in [-0.1, -0.05) is 75.7 Å². The molecule has 8 heteroatoms. The van der Waals surface area contributed by atoms with Crippen LogP contribution < -0.4 is 0 Å². The fourth-order valence-corrected chi connectivity index (χ4v) is 5.50. The Kier molecular flexibility index (Phi) is 10.8. The van der Waals surface area contributed by atoms with Crippen molar-refractivity contribution in [2.75, 3.05) is 11.6 Å². The Bertz CT molecular complexity index is 580. The summed E-state index contributed by atoms with van der Waals surface area (Å²) in [6.45, 7) is 2.18. The molecule has 0 heterocycles. The summed E-state index contributed by atoms with van der Waals surface area (Å²) in [6, 6.07) is 0. The Morgan fingerprint density at radius 3 is 1.96 bits per heavy atom. The van der Waals surface area contributed by atoms with Gasteiger partial charge in [-0.3, -0.25) is 0 Å². The van der Waals surface area contributed by atoms with Crippen LogP contribution in [-0.2, 0) is 19.9 Å². The maximum Gasteiger partial charge on any atom is 0.273 e. The SMILES string of the molecule is CCCCCCCCCCS(=O)(=O)CN=NS(=O)(=O)C1CCCCC1. The van der Waals surface area contributed by atoms with Gasteiger partial charge in [-0.05, 0) is 19.3 Å². The van der Waals surface area contributed by atoms with Crippen LogP contribution in [0.15, 0.2) is 9.63 Å². The van der Waals surface area contributed by atoms with Gasteiger partial charge >= 0.3 is 0 Å². The number of rotatable bonds is 13. The van der Waals surface area contributed by atoms with Gasteiger partial charge in [0.05, 0.1) is 11.0 Å². The third-order valence-electron chi connectivity index (χ3n) is 4.71. The van der Waals surface area contributed by atoms with Crippen molar-refractivity contribution in [3.05, 3.63) is 0 Å². The van der Waals surface area contributed by atoms with Crippen molar-refractivity contribution in [3.63, 3.8) is 0 Å². The van der Waals surface area contributed by atoms with Crippen LogP contribution in [0.3, 0.4) is 0 Å². The van der Waals surface area contributed by atoms with Gasteiger partial charge in [0.2, 0.25) is 0 Å². The highest BCUT2D eigenvalue weighted by atomic mass is 32.2. The summed E-state index contributed by atoms with van der Waals surface area (Å²) in [7, 11) is -7.01. The van der Waals surface area contributed by atoms with Crippen molar-refractivity contribution in [2.45, 2.75) is 95.6 Å². The van der Waals surface area contributed by atoms with E-state index in [1.54, 1.807) is 0 Å². The molecule has 0 radical (unpaired) electrons. The van der Waals surface area contributed by atoms with Gasteiger partial charge in [-0.2, -0.15) is 5.11 Å². The van der Waals surface area contributed by atoms with Crippen LogP contribution >= 0.6 is 0 Å². The summed E-state index contributed by atoms with van der Waals surface area (Å²) < 4.78 is 51.3. The minimum absolute atomic E-state index is 0.0600. The number of sulfonamides is 1. The van der Waals surface area contributed by atoms with Crippen LogP contribution in [-0.4, -0.2) is 33.7 Å². The quantitative estimate of drug-likeness (QED) is 0.337. The second-order valence-electron chi connectivity index (χ2n) is 7.05. The van der Waals surface area contributed by atoms with E-state index in [2.05, 4.69) is 16.6 Å². The highest BCUT2D eigenvalue weighted by Gasteiger charge is 2.27. The van der Waals surface area contributed by atoms with Crippen molar-refractivity contribution in [3.8, 4) is 0 Å². The summed E-state index contributed by atoms with van der Waals surface area (Å²) in [5.41, 5.74) is 0. The molecule has 0 aliphatic heterocycles. The normalized spacial score (nSPS) is 17.3. The molecule has 0 aromatic rings. The van der Waals surface area contributed by atoms with Crippen molar-refractivity contribution < 1.29 is 16.8 Å². The van der Waals surface area contributed by atoms with Gasteiger partial charge in [0.15, 0.2) is 15.7 Å². The van der Waals surface area contributed by atoms with Crippen LogP contribution in [0.4, 0.5) is 0 Å². The first-order valence-corrected chi connectivity index (χ1v) is 13.0. The van der Waals surface area contributed by atoms with Crippen molar-refractivity contribution >= 4 is 19.9 Å². The van der Waals surface area contributed by atoms with E-state index in [4.69, 9.17) is 0 Å². The summed E-state index contributed by atoms with van der Waals surface area (Å²) in [5, 5.41) is 3.00. The molecule has 0 unspecified atom stereocenters. The molecule has 0 atom stereocenters. The summed E-state index contributed by atoms with van der Waals surface area (Å²) in [5.74, 6) is -0.458. The van der Waals surface area contributed by atoms with E-state index in [1.807, 2.05) is 0 Å². The third-order valence-corrected chi connectivity index (χ3v) is 7.78. The largest absolute Gasteiger partial charge is 0.273 e. The number of sulfone groups is 1. The molecule has 1 rings (SSSR count). The Labute approximate surface area is 153 Å². The molecule has 0 aromatic heterocycles. The predicted octanol–water partition coefficient (Wildman–Crippen LogP) is 4.61. The second kappa shape index (κ2) is 12.0. The van der Waals surface area contributed by atoms with Crippen LogP contribution in [0, 0.1) is 0 Å². The summed E-state index contributed by atoms with van der Waals surface area (Å²) in [6.07, 6.45) is 12.7. The Balaban J connectivity index is 2.23. The van der Waals surface area contributed by atoms with Crippen LogP contribution in [0.2, 0.25) is 0 Å². The molecule has 1 aliphatic rings. The smallest absolute Gasteiger partial charge is 0.227 e. The number of nitrogens with zero attached hydrogens (tertiary/aromatic N) is 2. The fraction of sp³-hybridized carbons (Fsp3) is 1.00. The molecular formula is C17H34N2O4S2. The minimum atomic E-state index is -3.65. The van der Waals surface area contributed by atoms with Gasteiger partial charge < -0.3 is 0 Å². The fourth-order valence-electron chi connectivity index (χ4n) is 3.14. The topological polar surface area (TPSA) is 93.0 Å². The first kappa shape index (κ1) is 22.5. The molecule has 148 valence electrons. The lowest BCUT2D eigenvalue weighted by molar-refractivity contribution is 0.483. The number of hydrogen-bond donors (Lipinski definition) is 0. The Hall–Kier alpha value is -0.500. The highest BCUT2D eigenvalue weighted by molar-refractivity contribution is 7.91. The highest BCUT2D eigenvalue weighted by Crippen LogP contribution is 2.24. The van der Waals surface area contributed by atoms with E-state index in [0.29, 0.717) is 19.3 Å². The maximum atomic E-state index is 12.0. The molecule has 0 aromatic carbocycles. The molecule has 0 saturated heterocycles. The molecule has 0 N–H and O–H groups in total. The first-order valence-electron chi connectivity index (χ1n) is 9.70. The van der Waals surface area contributed by atoms with Crippen LogP contribution in [0.25, 0.3) is 0 Å². The third kappa shape index (κ3) is 10.3. The maximum absolute atomic E-state index is 12.0. The van der Waals surface area contributed by atoms with Gasteiger partial charge in [-0.15, -0.1) is 0 Å². The van der Waals surface area contributed by atoms with E-state index in [9.17, 15) is 16.8 Å². The molecule has 0 amide bonds. The van der Waals surface area contributed by atoms with Gasteiger partial charge in [-0.25, -0.2) is 16.8 Å². The average Bonchev–Trinajstić information content (AvgIpc) is 2.57. The number of hydrogen-bond acceptors (Lipinski definition) is 5. The summed E-state index contributed by atoms with van der Waals surface area (Å²) >= 11 is 0. The Morgan fingerprint density at radius 2 is 1.36 bits per heavy atom. The van der Waals surface area contributed by atoms with Crippen molar-refractivity contribution in [1.29, 1.82) is 0 Å². The second-order valence-corrected chi connectivity index (χ2v) is 11.1. The van der Waals surface area contributed by atoms with E-state index in [1.165, 1.54) is 25.7 Å². The zero-order valence-electron chi connectivity index (χ0n) is 15.5. The predicted molar refractivity (Wildman–Crippen MR) is 102 cm³/mol. The van der Waals surface area contributed by atoms with Gasteiger partial charge in [0, 0.05) is 0 Å². The van der Waals surface area contributed by atoms with E-state index in [-0.39, 0.29) is 5.75 Å².